The van der Waals surface area contributed by atoms with Crippen LogP contribution < -0.4 is 0 Å². The molecule has 0 bridgehead atoms. The smallest absolute Gasteiger partial charge is 0.222 e. The molecule has 0 amide bonds. The maximum atomic E-state index is 9.72. The summed E-state index contributed by atoms with van der Waals surface area (Å²) in [5.74, 6) is 0. The fourth-order valence-corrected chi connectivity index (χ4v) is 1.11. The van der Waals surface area contributed by atoms with E-state index in [4.69, 9.17) is 16.3 Å². The maximum Gasteiger partial charge on any atom is 0.222 e. The average molecular weight is 187 g/mol. The zero-order valence-corrected chi connectivity index (χ0v) is 6.95. The van der Waals surface area contributed by atoms with E-state index in [0.29, 0.717) is 18.8 Å². The summed E-state index contributed by atoms with van der Waals surface area (Å²) < 4.78 is 4.88. The molecule has 1 aromatic rings. The molecule has 1 fully saturated rings. The molecule has 1 aliphatic rings. The number of hydrogen-bond donors (Lipinski definition) is 1. The lowest BCUT2D eigenvalue weighted by Gasteiger charge is -2.35. The van der Waals surface area contributed by atoms with E-state index in [1.54, 1.807) is 0 Å². The van der Waals surface area contributed by atoms with Crippen molar-refractivity contribution in [2.45, 2.75) is 5.60 Å². The molecule has 0 aliphatic carbocycles. The monoisotopic (exact) mass is 186 g/mol. The SMILES string of the molecule is OC1(c2cnc(Cl)nc2)COC1. The lowest BCUT2D eigenvalue weighted by atomic mass is 9.95. The second-order valence-electron chi connectivity index (χ2n) is 2.77. The maximum absolute atomic E-state index is 9.72. The minimum absolute atomic E-state index is 0.183. The van der Waals surface area contributed by atoms with Gasteiger partial charge in [-0.05, 0) is 11.6 Å². The van der Waals surface area contributed by atoms with E-state index in [1.165, 1.54) is 12.4 Å². The third-order valence-electron chi connectivity index (χ3n) is 1.84. The van der Waals surface area contributed by atoms with Gasteiger partial charge in [-0.1, -0.05) is 0 Å². The lowest BCUT2D eigenvalue weighted by molar-refractivity contribution is -0.184. The van der Waals surface area contributed by atoms with Crippen LogP contribution in [0.2, 0.25) is 5.28 Å². The van der Waals surface area contributed by atoms with Gasteiger partial charge in [0.2, 0.25) is 5.28 Å². The first-order valence-electron chi connectivity index (χ1n) is 3.49. The van der Waals surface area contributed by atoms with Crippen molar-refractivity contribution in [2.75, 3.05) is 13.2 Å². The van der Waals surface area contributed by atoms with Crippen LogP contribution in [0.1, 0.15) is 5.56 Å². The number of hydrogen-bond acceptors (Lipinski definition) is 4. The van der Waals surface area contributed by atoms with Crippen molar-refractivity contribution in [3.8, 4) is 0 Å². The highest BCUT2D eigenvalue weighted by atomic mass is 35.5. The van der Waals surface area contributed by atoms with Gasteiger partial charge in [-0.2, -0.15) is 0 Å². The van der Waals surface area contributed by atoms with Gasteiger partial charge in [-0.3, -0.25) is 0 Å². The molecule has 2 heterocycles. The third-order valence-corrected chi connectivity index (χ3v) is 2.03. The molecule has 1 aliphatic heterocycles. The lowest BCUT2D eigenvalue weighted by Crippen LogP contribution is -2.46. The Morgan fingerprint density at radius 3 is 2.42 bits per heavy atom. The molecule has 2 rings (SSSR count). The summed E-state index contributed by atoms with van der Waals surface area (Å²) in [5.41, 5.74) is -0.247. The van der Waals surface area contributed by atoms with E-state index < -0.39 is 5.60 Å². The summed E-state index contributed by atoms with van der Waals surface area (Å²) in [5, 5.41) is 9.91. The van der Waals surface area contributed by atoms with Gasteiger partial charge >= 0.3 is 0 Å². The van der Waals surface area contributed by atoms with E-state index in [9.17, 15) is 5.11 Å². The third kappa shape index (κ3) is 1.18. The first-order valence-corrected chi connectivity index (χ1v) is 3.87. The molecule has 1 aromatic heterocycles. The second-order valence-corrected chi connectivity index (χ2v) is 3.10. The van der Waals surface area contributed by atoms with Crippen LogP contribution in [-0.4, -0.2) is 28.3 Å². The van der Waals surface area contributed by atoms with Crippen LogP contribution in [0.25, 0.3) is 0 Å². The van der Waals surface area contributed by atoms with Gasteiger partial charge in [0.25, 0.3) is 0 Å². The molecule has 1 N–H and O–H groups in total. The van der Waals surface area contributed by atoms with Crippen LogP contribution in [0.5, 0.6) is 0 Å². The van der Waals surface area contributed by atoms with Gasteiger partial charge in [0.15, 0.2) is 0 Å². The number of aliphatic hydroxyl groups is 1. The molecule has 4 nitrogen and oxygen atoms in total. The summed E-state index contributed by atoms with van der Waals surface area (Å²) in [6, 6.07) is 0. The van der Waals surface area contributed by atoms with Crippen molar-refractivity contribution in [1.82, 2.24) is 9.97 Å². The summed E-state index contributed by atoms with van der Waals surface area (Å²) in [7, 11) is 0. The molecule has 0 aromatic carbocycles. The van der Waals surface area contributed by atoms with Gasteiger partial charge < -0.3 is 9.84 Å². The molecular formula is C7H7ClN2O2. The Morgan fingerprint density at radius 1 is 1.42 bits per heavy atom. The number of nitrogens with zero attached hydrogens (tertiary/aromatic N) is 2. The highest BCUT2D eigenvalue weighted by molar-refractivity contribution is 6.28. The van der Waals surface area contributed by atoms with Crippen molar-refractivity contribution >= 4 is 11.6 Å². The first kappa shape index (κ1) is 7.91. The van der Waals surface area contributed by atoms with Gasteiger partial charge in [0.05, 0.1) is 13.2 Å². The number of aromatic nitrogens is 2. The minimum atomic E-state index is -0.898. The highest BCUT2D eigenvalue weighted by Crippen LogP contribution is 2.28. The summed E-state index contributed by atoms with van der Waals surface area (Å²) in [4.78, 5) is 7.53. The minimum Gasteiger partial charge on any atom is -0.380 e. The van der Waals surface area contributed by atoms with Gasteiger partial charge in [0, 0.05) is 18.0 Å². The summed E-state index contributed by atoms with van der Waals surface area (Å²) in [6.07, 6.45) is 3.02. The Hall–Kier alpha value is -0.710. The fourth-order valence-electron chi connectivity index (χ4n) is 1.01. The Kier molecular flexibility index (Phi) is 1.75. The largest absolute Gasteiger partial charge is 0.380 e. The zero-order valence-electron chi connectivity index (χ0n) is 6.20. The normalized spacial score (nSPS) is 20.2. The number of ether oxygens (including phenoxy) is 1. The van der Waals surface area contributed by atoms with Crippen molar-refractivity contribution in [3.63, 3.8) is 0 Å². The van der Waals surface area contributed by atoms with E-state index >= 15 is 0 Å². The number of halogens is 1. The van der Waals surface area contributed by atoms with Crippen molar-refractivity contribution in [2.24, 2.45) is 0 Å². The number of rotatable bonds is 1. The Morgan fingerprint density at radius 2 is 2.00 bits per heavy atom. The predicted octanol–water partition coefficient (Wildman–Crippen LogP) is 0.348. The molecule has 64 valence electrons. The summed E-state index contributed by atoms with van der Waals surface area (Å²) in [6.45, 7) is 0.607. The van der Waals surface area contributed by atoms with Crippen LogP contribution in [-0.2, 0) is 10.3 Å². The van der Waals surface area contributed by atoms with Gasteiger partial charge in [-0.25, -0.2) is 9.97 Å². The Balaban J connectivity index is 2.28. The average Bonchev–Trinajstić information content (AvgIpc) is 2.02. The molecule has 0 atom stereocenters. The second kappa shape index (κ2) is 2.65. The van der Waals surface area contributed by atoms with Gasteiger partial charge in [-0.15, -0.1) is 0 Å². The van der Waals surface area contributed by atoms with E-state index in [2.05, 4.69) is 9.97 Å². The van der Waals surface area contributed by atoms with E-state index in [1.807, 2.05) is 0 Å². The molecule has 5 heteroatoms. The quantitative estimate of drug-likeness (QED) is 0.643. The first-order chi connectivity index (χ1) is 5.71. The fraction of sp³-hybridized carbons (Fsp3) is 0.429. The standard InChI is InChI=1S/C7H7ClN2O2/c8-6-9-1-5(2-10-6)7(11)3-12-4-7/h1-2,11H,3-4H2. The van der Waals surface area contributed by atoms with E-state index in [-0.39, 0.29) is 5.28 Å². The topological polar surface area (TPSA) is 55.2 Å². The molecular weight excluding hydrogens is 180 g/mol. The van der Waals surface area contributed by atoms with Gasteiger partial charge in [0.1, 0.15) is 5.60 Å². The van der Waals surface area contributed by atoms with Crippen LogP contribution in [0.4, 0.5) is 0 Å². The van der Waals surface area contributed by atoms with Crippen molar-refractivity contribution in [3.05, 3.63) is 23.2 Å². The molecule has 0 saturated carbocycles. The summed E-state index contributed by atoms with van der Waals surface area (Å²) >= 11 is 5.49. The molecule has 0 spiro atoms. The van der Waals surface area contributed by atoms with Crippen molar-refractivity contribution in [1.29, 1.82) is 0 Å². The Labute approximate surface area is 74.2 Å². The van der Waals surface area contributed by atoms with Crippen LogP contribution in [0.15, 0.2) is 12.4 Å². The predicted molar refractivity (Wildman–Crippen MR) is 41.8 cm³/mol. The highest BCUT2D eigenvalue weighted by Gasteiger charge is 2.38. The zero-order chi connectivity index (χ0) is 8.60. The molecule has 0 unspecified atom stereocenters. The van der Waals surface area contributed by atoms with Crippen molar-refractivity contribution < 1.29 is 9.84 Å². The van der Waals surface area contributed by atoms with Crippen LogP contribution in [0, 0.1) is 0 Å². The molecule has 1 saturated heterocycles. The Bertz CT molecular complexity index is 284. The molecule has 0 radical (unpaired) electrons. The van der Waals surface area contributed by atoms with E-state index in [0.717, 1.165) is 0 Å². The molecule has 12 heavy (non-hydrogen) atoms. The van der Waals surface area contributed by atoms with Crippen LogP contribution in [0.3, 0.4) is 0 Å². The van der Waals surface area contributed by atoms with Crippen LogP contribution >= 0.6 is 11.6 Å².